The van der Waals surface area contributed by atoms with Crippen molar-refractivity contribution in [1.29, 1.82) is 0 Å². The molecule has 0 spiro atoms. The molecule has 1 saturated heterocycles. The Labute approximate surface area is 177 Å². The van der Waals surface area contributed by atoms with Crippen LogP contribution < -0.4 is 15.5 Å². The SMILES string of the molecule is CN1CCCN(c2ccc(N/C=C3/C(=O)Nc4ccc(F)cc43)cc2C(F)(F)F)CC1. The summed E-state index contributed by atoms with van der Waals surface area (Å²) in [5, 5.41) is 5.37. The number of hydrogen-bond acceptors (Lipinski definition) is 4. The third kappa shape index (κ3) is 4.51. The number of alkyl halides is 3. The van der Waals surface area contributed by atoms with Crippen LogP contribution in [0.15, 0.2) is 42.6 Å². The number of halogens is 4. The molecule has 0 atom stereocenters. The van der Waals surface area contributed by atoms with Crippen LogP contribution in [0.1, 0.15) is 17.5 Å². The normalized spacial score (nSPS) is 18.7. The van der Waals surface area contributed by atoms with Crippen LogP contribution in [0.2, 0.25) is 0 Å². The van der Waals surface area contributed by atoms with Gasteiger partial charge in [0.2, 0.25) is 0 Å². The summed E-state index contributed by atoms with van der Waals surface area (Å²) >= 11 is 0. The number of hydrogen-bond donors (Lipinski definition) is 2. The van der Waals surface area contributed by atoms with Gasteiger partial charge >= 0.3 is 6.18 Å². The molecule has 5 nitrogen and oxygen atoms in total. The number of rotatable bonds is 3. The second kappa shape index (κ2) is 8.22. The minimum absolute atomic E-state index is 0.145. The van der Waals surface area contributed by atoms with Crippen molar-refractivity contribution in [2.24, 2.45) is 0 Å². The monoisotopic (exact) mass is 434 g/mol. The van der Waals surface area contributed by atoms with E-state index in [0.29, 0.717) is 30.9 Å². The maximum Gasteiger partial charge on any atom is 0.418 e. The van der Waals surface area contributed by atoms with Crippen molar-refractivity contribution in [3.63, 3.8) is 0 Å². The van der Waals surface area contributed by atoms with Crippen LogP contribution in [0.25, 0.3) is 5.57 Å². The molecular weight excluding hydrogens is 412 g/mol. The van der Waals surface area contributed by atoms with Crippen molar-refractivity contribution in [3.05, 3.63) is 59.5 Å². The first-order valence-corrected chi connectivity index (χ1v) is 9.95. The third-order valence-electron chi connectivity index (χ3n) is 5.51. The van der Waals surface area contributed by atoms with E-state index in [-0.39, 0.29) is 16.9 Å². The molecule has 2 aromatic carbocycles. The van der Waals surface area contributed by atoms with Crippen LogP contribution in [0.3, 0.4) is 0 Å². The van der Waals surface area contributed by atoms with Gasteiger partial charge in [0.25, 0.3) is 5.91 Å². The van der Waals surface area contributed by atoms with Gasteiger partial charge in [0.05, 0.1) is 11.1 Å². The highest BCUT2D eigenvalue weighted by molar-refractivity contribution is 6.31. The van der Waals surface area contributed by atoms with Crippen LogP contribution in [-0.4, -0.2) is 44.0 Å². The van der Waals surface area contributed by atoms with E-state index in [1.807, 2.05) is 7.05 Å². The van der Waals surface area contributed by atoms with E-state index >= 15 is 0 Å². The quantitative estimate of drug-likeness (QED) is 0.556. The summed E-state index contributed by atoms with van der Waals surface area (Å²) in [6.07, 6.45) is -2.44. The van der Waals surface area contributed by atoms with E-state index in [1.54, 1.807) is 11.0 Å². The molecule has 0 radical (unpaired) electrons. The molecule has 0 bridgehead atoms. The lowest BCUT2D eigenvalue weighted by Gasteiger charge is -2.26. The summed E-state index contributed by atoms with van der Waals surface area (Å²) in [4.78, 5) is 16.0. The highest BCUT2D eigenvalue weighted by Gasteiger charge is 2.35. The molecule has 31 heavy (non-hydrogen) atoms. The van der Waals surface area contributed by atoms with Gasteiger partial charge in [0, 0.05) is 48.5 Å². The van der Waals surface area contributed by atoms with Gasteiger partial charge < -0.3 is 20.4 Å². The Bertz CT molecular complexity index is 1030. The number of nitrogens with one attached hydrogen (secondary N) is 2. The minimum Gasteiger partial charge on any atom is -0.370 e. The van der Waals surface area contributed by atoms with Crippen LogP contribution in [0.5, 0.6) is 0 Å². The van der Waals surface area contributed by atoms with Gasteiger partial charge in [0.15, 0.2) is 0 Å². The number of likely N-dealkylation sites (N-methyl/N-ethyl adjacent to an activating group) is 1. The molecule has 0 saturated carbocycles. The zero-order chi connectivity index (χ0) is 22.2. The molecule has 9 heteroatoms. The molecule has 0 aromatic heterocycles. The van der Waals surface area contributed by atoms with Gasteiger partial charge in [-0.15, -0.1) is 0 Å². The molecule has 2 heterocycles. The molecule has 2 aliphatic heterocycles. The second-order valence-electron chi connectivity index (χ2n) is 7.72. The minimum atomic E-state index is -4.53. The van der Waals surface area contributed by atoms with Crippen molar-refractivity contribution >= 4 is 28.5 Å². The van der Waals surface area contributed by atoms with E-state index < -0.39 is 23.5 Å². The topological polar surface area (TPSA) is 47.6 Å². The van der Waals surface area contributed by atoms with Crippen molar-refractivity contribution in [3.8, 4) is 0 Å². The van der Waals surface area contributed by atoms with Crippen LogP contribution >= 0.6 is 0 Å². The van der Waals surface area contributed by atoms with Crippen LogP contribution in [0, 0.1) is 5.82 Å². The number of carbonyl (C=O) groups excluding carboxylic acids is 1. The highest BCUT2D eigenvalue weighted by Crippen LogP contribution is 2.39. The van der Waals surface area contributed by atoms with E-state index in [1.165, 1.54) is 30.5 Å². The lowest BCUT2D eigenvalue weighted by atomic mass is 10.1. The average Bonchev–Trinajstić information content (AvgIpc) is 2.86. The lowest BCUT2D eigenvalue weighted by molar-refractivity contribution is -0.137. The molecule has 2 aliphatic rings. The molecule has 2 aromatic rings. The Hall–Kier alpha value is -3.07. The van der Waals surface area contributed by atoms with E-state index in [4.69, 9.17) is 0 Å². The van der Waals surface area contributed by atoms with Gasteiger partial charge in [-0.25, -0.2) is 4.39 Å². The molecule has 4 rings (SSSR count). The Balaban J connectivity index is 1.63. The first-order chi connectivity index (χ1) is 14.7. The summed E-state index contributed by atoms with van der Waals surface area (Å²) < 4.78 is 55.0. The summed E-state index contributed by atoms with van der Waals surface area (Å²) in [6, 6.07) is 7.93. The van der Waals surface area contributed by atoms with Crippen molar-refractivity contribution in [2.45, 2.75) is 12.6 Å². The number of benzene rings is 2. The van der Waals surface area contributed by atoms with Gasteiger partial charge in [-0.1, -0.05) is 0 Å². The zero-order valence-corrected chi connectivity index (χ0v) is 16.9. The number of carbonyl (C=O) groups is 1. The smallest absolute Gasteiger partial charge is 0.370 e. The summed E-state index contributed by atoms with van der Waals surface area (Å²) in [7, 11) is 1.96. The fourth-order valence-corrected chi connectivity index (χ4v) is 3.88. The fourth-order valence-electron chi connectivity index (χ4n) is 3.88. The van der Waals surface area contributed by atoms with Crippen molar-refractivity contribution < 1.29 is 22.4 Å². The fraction of sp³-hybridized carbons (Fsp3) is 0.318. The standard InChI is InChI=1S/C22H22F4N4O/c1-29-7-2-8-30(10-9-29)20-6-4-15(12-18(20)22(24,25)26)27-13-17-16-11-14(23)3-5-19(16)28-21(17)31/h3-6,11-13,27H,2,7-10H2,1H3,(H,28,31)/b17-13+. The first kappa shape index (κ1) is 21.2. The second-order valence-corrected chi connectivity index (χ2v) is 7.72. The van der Waals surface area contributed by atoms with Gasteiger partial charge in [-0.3, -0.25) is 4.79 Å². The zero-order valence-electron chi connectivity index (χ0n) is 16.9. The van der Waals surface area contributed by atoms with Crippen molar-refractivity contribution in [2.75, 3.05) is 48.8 Å². The van der Waals surface area contributed by atoms with Gasteiger partial charge in [-0.2, -0.15) is 13.2 Å². The third-order valence-corrected chi connectivity index (χ3v) is 5.51. The van der Waals surface area contributed by atoms with Gasteiger partial charge in [-0.05, 0) is 56.4 Å². The van der Waals surface area contributed by atoms with Crippen LogP contribution in [0.4, 0.5) is 34.6 Å². The number of nitrogens with zero attached hydrogens (tertiary/aromatic N) is 2. The molecule has 0 aliphatic carbocycles. The predicted molar refractivity (Wildman–Crippen MR) is 112 cm³/mol. The summed E-state index contributed by atoms with van der Waals surface area (Å²) in [5.41, 5.74) is 0.571. The summed E-state index contributed by atoms with van der Waals surface area (Å²) in [5.74, 6) is -0.956. The number of amides is 1. The maximum atomic E-state index is 13.8. The first-order valence-electron chi connectivity index (χ1n) is 9.95. The van der Waals surface area contributed by atoms with E-state index in [0.717, 1.165) is 19.0 Å². The molecule has 164 valence electrons. The molecule has 1 fully saturated rings. The number of fused-ring (bicyclic) bond motifs is 1. The molecule has 0 unspecified atom stereocenters. The molecular formula is C22H22F4N4O. The van der Waals surface area contributed by atoms with Crippen molar-refractivity contribution in [1.82, 2.24) is 4.90 Å². The van der Waals surface area contributed by atoms with E-state index in [9.17, 15) is 22.4 Å². The highest BCUT2D eigenvalue weighted by atomic mass is 19.4. The van der Waals surface area contributed by atoms with Gasteiger partial charge in [0.1, 0.15) is 5.82 Å². The Morgan fingerprint density at radius 2 is 1.87 bits per heavy atom. The molecule has 1 amide bonds. The van der Waals surface area contributed by atoms with Crippen LogP contribution in [-0.2, 0) is 11.0 Å². The predicted octanol–water partition coefficient (Wildman–Crippen LogP) is 4.39. The largest absolute Gasteiger partial charge is 0.418 e. The number of anilines is 3. The van der Waals surface area contributed by atoms with E-state index in [2.05, 4.69) is 15.5 Å². The lowest BCUT2D eigenvalue weighted by Crippen LogP contribution is -2.30. The summed E-state index contributed by atoms with van der Waals surface area (Å²) in [6.45, 7) is 2.59. The average molecular weight is 434 g/mol. The Kier molecular flexibility index (Phi) is 5.62. The molecule has 2 N–H and O–H groups in total. The maximum absolute atomic E-state index is 13.8. The Morgan fingerprint density at radius 3 is 2.65 bits per heavy atom. The Morgan fingerprint density at radius 1 is 1.06 bits per heavy atom.